The van der Waals surface area contributed by atoms with Gasteiger partial charge < -0.3 is 9.47 Å². The Morgan fingerprint density at radius 3 is 2.50 bits per heavy atom. The zero-order valence-corrected chi connectivity index (χ0v) is 13.8. The van der Waals surface area contributed by atoms with Gasteiger partial charge in [0.25, 0.3) is 0 Å². The summed E-state index contributed by atoms with van der Waals surface area (Å²) in [5.41, 5.74) is 2.45. The lowest BCUT2D eigenvalue weighted by Crippen LogP contribution is -2.41. The lowest BCUT2D eigenvalue weighted by atomic mass is 10.0. The number of fused-ring (bicyclic) bond motifs is 1. The number of aromatic nitrogens is 2. The fourth-order valence-corrected chi connectivity index (χ4v) is 3.74. The van der Waals surface area contributed by atoms with Crippen LogP contribution >= 0.6 is 0 Å². The maximum Gasteiger partial charge on any atom is 0.100 e. The van der Waals surface area contributed by atoms with E-state index in [1.807, 2.05) is 36.9 Å². The number of hydrogen-bond donors (Lipinski definition) is 0. The van der Waals surface area contributed by atoms with Gasteiger partial charge in [-0.25, -0.2) is 0 Å². The van der Waals surface area contributed by atoms with Gasteiger partial charge in [-0.3, -0.25) is 14.9 Å². The zero-order valence-electron chi connectivity index (χ0n) is 13.8. The Labute approximate surface area is 142 Å². The van der Waals surface area contributed by atoms with Crippen molar-refractivity contribution in [3.8, 4) is 0 Å². The van der Waals surface area contributed by atoms with E-state index in [2.05, 4.69) is 27.0 Å². The molecule has 0 amide bonds. The number of ether oxygens (including phenoxy) is 2. The Morgan fingerprint density at radius 1 is 1.04 bits per heavy atom. The summed E-state index contributed by atoms with van der Waals surface area (Å²) in [6, 6.07) is 8.63. The van der Waals surface area contributed by atoms with E-state index in [-0.39, 0.29) is 12.2 Å². The van der Waals surface area contributed by atoms with Crippen molar-refractivity contribution < 1.29 is 9.47 Å². The van der Waals surface area contributed by atoms with E-state index in [4.69, 9.17) is 9.47 Å². The molecule has 2 aliphatic rings. The van der Waals surface area contributed by atoms with Gasteiger partial charge in [0.1, 0.15) is 6.10 Å². The molecule has 2 aromatic heterocycles. The summed E-state index contributed by atoms with van der Waals surface area (Å²) in [7, 11) is 0. The fourth-order valence-electron chi connectivity index (χ4n) is 3.74. The molecule has 4 rings (SSSR count). The molecule has 0 saturated carbocycles. The van der Waals surface area contributed by atoms with Crippen LogP contribution in [-0.2, 0) is 22.6 Å². The Kier molecular flexibility index (Phi) is 4.83. The second-order valence-corrected chi connectivity index (χ2v) is 6.53. The van der Waals surface area contributed by atoms with E-state index >= 15 is 0 Å². The van der Waals surface area contributed by atoms with Gasteiger partial charge in [0.2, 0.25) is 0 Å². The highest BCUT2D eigenvalue weighted by Crippen LogP contribution is 2.32. The predicted octanol–water partition coefficient (Wildman–Crippen LogP) is 2.43. The smallest absolute Gasteiger partial charge is 0.100 e. The van der Waals surface area contributed by atoms with Gasteiger partial charge in [0.15, 0.2) is 0 Å². The van der Waals surface area contributed by atoms with Crippen molar-refractivity contribution in [2.75, 3.05) is 13.2 Å². The van der Waals surface area contributed by atoms with Crippen molar-refractivity contribution in [3.05, 3.63) is 60.2 Å². The van der Waals surface area contributed by atoms with E-state index in [0.717, 1.165) is 31.7 Å². The van der Waals surface area contributed by atoms with Gasteiger partial charge >= 0.3 is 0 Å². The van der Waals surface area contributed by atoms with Crippen molar-refractivity contribution >= 4 is 0 Å². The molecule has 4 heterocycles. The van der Waals surface area contributed by atoms with Gasteiger partial charge in [-0.05, 0) is 48.2 Å². The Hall–Kier alpha value is -1.82. The summed E-state index contributed by atoms with van der Waals surface area (Å²) in [5.74, 6) is 0. The third-order valence-electron chi connectivity index (χ3n) is 4.93. The van der Waals surface area contributed by atoms with Crippen LogP contribution in [0.25, 0.3) is 0 Å². The average molecular weight is 325 g/mol. The normalized spacial score (nSPS) is 27.1. The first kappa shape index (κ1) is 15.7. The molecule has 0 aromatic carbocycles. The molecule has 126 valence electrons. The summed E-state index contributed by atoms with van der Waals surface area (Å²) >= 11 is 0. The summed E-state index contributed by atoms with van der Waals surface area (Å²) < 4.78 is 12.3. The number of rotatable bonds is 5. The summed E-state index contributed by atoms with van der Waals surface area (Å²) in [5, 5.41) is 0. The van der Waals surface area contributed by atoms with Crippen LogP contribution in [0, 0.1) is 0 Å². The van der Waals surface area contributed by atoms with Gasteiger partial charge in [0.05, 0.1) is 12.7 Å². The minimum absolute atomic E-state index is 0.130. The molecule has 2 saturated heterocycles. The van der Waals surface area contributed by atoms with Crippen LogP contribution in [0.5, 0.6) is 0 Å². The second kappa shape index (κ2) is 7.38. The van der Waals surface area contributed by atoms with Crippen molar-refractivity contribution in [2.45, 2.75) is 44.2 Å². The van der Waals surface area contributed by atoms with E-state index in [1.165, 1.54) is 12.0 Å². The Balaban J connectivity index is 1.43. The molecule has 0 aliphatic carbocycles. The molecule has 2 aromatic rings. The van der Waals surface area contributed by atoms with E-state index in [9.17, 15) is 0 Å². The molecular formula is C19H23N3O2. The molecule has 2 aliphatic heterocycles. The van der Waals surface area contributed by atoms with Gasteiger partial charge in [-0.15, -0.1) is 0 Å². The van der Waals surface area contributed by atoms with Crippen molar-refractivity contribution in [1.29, 1.82) is 0 Å². The van der Waals surface area contributed by atoms with E-state index < -0.39 is 0 Å². The third kappa shape index (κ3) is 3.48. The van der Waals surface area contributed by atoms with Crippen LogP contribution in [0.15, 0.2) is 49.1 Å². The first-order valence-electron chi connectivity index (χ1n) is 8.65. The summed E-state index contributed by atoms with van der Waals surface area (Å²) in [6.45, 7) is 3.31. The molecule has 0 unspecified atom stereocenters. The summed E-state index contributed by atoms with van der Waals surface area (Å²) in [4.78, 5) is 10.7. The lowest BCUT2D eigenvalue weighted by molar-refractivity contribution is -0.0819. The quantitative estimate of drug-likeness (QED) is 0.845. The van der Waals surface area contributed by atoms with Crippen LogP contribution in [-0.4, -0.2) is 46.3 Å². The molecule has 5 heteroatoms. The predicted molar refractivity (Wildman–Crippen MR) is 90.2 cm³/mol. The number of hydrogen-bond acceptors (Lipinski definition) is 5. The Morgan fingerprint density at radius 2 is 1.75 bits per heavy atom. The SMILES string of the molecule is c1cc(CO[C@@H]2CN(Cc3ccncc3)[C@H]3CCCO[C@@H]23)ccn1. The van der Waals surface area contributed by atoms with Gasteiger partial charge in [-0.2, -0.15) is 0 Å². The highest BCUT2D eigenvalue weighted by Gasteiger charge is 2.44. The third-order valence-corrected chi connectivity index (χ3v) is 4.93. The molecule has 0 spiro atoms. The van der Waals surface area contributed by atoms with Crippen LogP contribution in [0.1, 0.15) is 24.0 Å². The second-order valence-electron chi connectivity index (χ2n) is 6.53. The Bertz CT molecular complexity index is 638. The van der Waals surface area contributed by atoms with Crippen LogP contribution < -0.4 is 0 Å². The fraction of sp³-hybridized carbons (Fsp3) is 0.474. The number of nitrogens with zero attached hydrogens (tertiary/aromatic N) is 3. The van der Waals surface area contributed by atoms with Crippen molar-refractivity contribution in [3.63, 3.8) is 0 Å². The van der Waals surface area contributed by atoms with Crippen LogP contribution in [0.4, 0.5) is 0 Å². The van der Waals surface area contributed by atoms with Gasteiger partial charge in [-0.1, -0.05) is 0 Å². The molecular weight excluding hydrogens is 302 g/mol. The molecule has 24 heavy (non-hydrogen) atoms. The van der Waals surface area contributed by atoms with E-state index in [1.54, 1.807) is 0 Å². The number of pyridine rings is 2. The number of likely N-dealkylation sites (tertiary alicyclic amines) is 1. The molecule has 0 N–H and O–H groups in total. The zero-order chi connectivity index (χ0) is 16.2. The highest BCUT2D eigenvalue weighted by molar-refractivity contribution is 5.12. The highest BCUT2D eigenvalue weighted by atomic mass is 16.5. The molecule has 0 radical (unpaired) electrons. The topological polar surface area (TPSA) is 47.5 Å². The molecule has 3 atom stereocenters. The maximum atomic E-state index is 6.22. The minimum Gasteiger partial charge on any atom is -0.374 e. The summed E-state index contributed by atoms with van der Waals surface area (Å²) in [6.07, 6.45) is 9.96. The standard InChI is InChI=1S/C19H23N3O2/c1-2-17-19(23-11-1)18(24-14-16-5-9-21-10-6-16)13-22(17)12-15-3-7-20-8-4-15/h3-10,17-19H,1-2,11-14H2/t17-,18+,19+/m0/s1. The first-order chi connectivity index (χ1) is 11.9. The molecule has 5 nitrogen and oxygen atoms in total. The molecule has 2 fully saturated rings. The maximum absolute atomic E-state index is 6.22. The molecule has 0 bridgehead atoms. The monoisotopic (exact) mass is 325 g/mol. The van der Waals surface area contributed by atoms with Crippen LogP contribution in [0.3, 0.4) is 0 Å². The van der Waals surface area contributed by atoms with E-state index in [0.29, 0.717) is 12.6 Å². The average Bonchev–Trinajstić information content (AvgIpc) is 3.00. The minimum atomic E-state index is 0.130. The van der Waals surface area contributed by atoms with Gasteiger partial charge in [0, 0.05) is 50.5 Å². The van der Waals surface area contributed by atoms with Crippen molar-refractivity contribution in [1.82, 2.24) is 14.9 Å². The lowest BCUT2D eigenvalue weighted by Gasteiger charge is -2.32. The largest absolute Gasteiger partial charge is 0.374 e. The first-order valence-corrected chi connectivity index (χ1v) is 8.65. The van der Waals surface area contributed by atoms with Crippen molar-refractivity contribution in [2.24, 2.45) is 0 Å². The van der Waals surface area contributed by atoms with Crippen LogP contribution in [0.2, 0.25) is 0 Å².